The van der Waals surface area contributed by atoms with Crippen molar-refractivity contribution in [2.45, 2.75) is 13.5 Å². The van der Waals surface area contributed by atoms with E-state index in [9.17, 15) is 0 Å². The number of nitrogens with two attached hydrogens (primary N) is 1. The average molecular weight is 213 g/mol. The predicted molar refractivity (Wildman–Crippen MR) is 66.4 cm³/mol. The Morgan fingerprint density at radius 2 is 1.81 bits per heavy atom. The molecule has 0 spiro atoms. The molecule has 0 aliphatic heterocycles. The van der Waals surface area contributed by atoms with Gasteiger partial charge < -0.3 is 10.5 Å². The van der Waals surface area contributed by atoms with Gasteiger partial charge in [0.1, 0.15) is 12.4 Å². The van der Waals surface area contributed by atoms with Crippen LogP contribution in [0.3, 0.4) is 0 Å². The van der Waals surface area contributed by atoms with Gasteiger partial charge in [0.15, 0.2) is 0 Å². The maximum absolute atomic E-state index is 5.67. The third-order valence-electron chi connectivity index (χ3n) is 2.38. The van der Waals surface area contributed by atoms with Gasteiger partial charge in [0.05, 0.1) is 0 Å². The minimum atomic E-state index is 0.573. The molecule has 2 rings (SSSR count). The lowest BCUT2D eigenvalue weighted by Gasteiger charge is -2.06. The van der Waals surface area contributed by atoms with Crippen molar-refractivity contribution >= 4 is 5.69 Å². The zero-order valence-electron chi connectivity index (χ0n) is 9.31. The molecule has 0 aliphatic rings. The lowest BCUT2D eigenvalue weighted by atomic mass is 10.2. The highest BCUT2D eigenvalue weighted by atomic mass is 16.5. The summed E-state index contributed by atoms with van der Waals surface area (Å²) in [7, 11) is 0. The molecule has 16 heavy (non-hydrogen) atoms. The predicted octanol–water partition coefficient (Wildman–Crippen LogP) is 3.16. The van der Waals surface area contributed by atoms with E-state index >= 15 is 0 Å². The van der Waals surface area contributed by atoms with E-state index in [1.807, 2.05) is 24.3 Å². The summed E-state index contributed by atoms with van der Waals surface area (Å²) in [5.41, 5.74) is 8.81. The number of aryl methyl sites for hydroxylation is 1. The lowest BCUT2D eigenvalue weighted by Crippen LogP contribution is -1.96. The second-order valence-corrected chi connectivity index (χ2v) is 3.85. The highest BCUT2D eigenvalue weighted by Crippen LogP contribution is 2.16. The summed E-state index contributed by atoms with van der Waals surface area (Å²) in [5, 5.41) is 0. The van der Waals surface area contributed by atoms with Crippen LogP contribution in [0.5, 0.6) is 5.75 Å². The summed E-state index contributed by atoms with van der Waals surface area (Å²) in [6.45, 7) is 2.65. The van der Waals surface area contributed by atoms with E-state index in [0.717, 1.165) is 17.0 Å². The average Bonchev–Trinajstić information content (AvgIpc) is 2.28. The number of rotatable bonds is 3. The second kappa shape index (κ2) is 4.71. The molecule has 0 bridgehead atoms. The molecule has 82 valence electrons. The third kappa shape index (κ3) is 2.76. The van der Waals surface area contributed by atoms with Gasteiger partial charge in [-0.15, -0.1) is 0 Å². The molecule has 2 aromatic carbocycles. The van der Waals surface area contributed by atoms with Crippen LogP contribution in [0.1, 0.15) is 11.1 Å². The minimum absolute atomic E-state index is 0.573. The Hall–Kier alpha value is -1.96. The van der Waals surface area contributed by atoms with Gasteiger partial charge in [0.2, 0.25) is 0 Å². The second-order valence-electron chi connectivity index (χ2n) is 3.85. The van der Waals surface area contributed by atoms with E-state index in [1.165, 1.54) is 5.56 Å². The Kier molecular flexibility index (Phi) is 3.10. The van der Waals surface area contributed by atoms with Crippen LogP contribution in [0.15, 0.2) is 48.5 Å². The first-order chi connectivity index (χ1) is 7.74. The summed E-state index contributed by atoms with van der Waals surface area (Å²) >= 11 is 0. The van der Waals surface area contributed by atoms with E-state index < -0.39 is 0 Å². The topological polar surface area (TPSA) is 35.2 Å². The molecule has 2 nitrogen and oxygen atoms in total. The molecule has 0 atom stereocenters. The Bertz CT molecular complexity index is 462. The first kappa shape index (κ1) is 10.6. The number of anilines is 1. The monoisotopic (exact) mass is 213 g/mol. The highest BCUT2D eigenvalue weighted by Gasteiger charge is 1.96. The number of hydrogen-bond acceptors (Lipinski definition) is 2. The van der Waals surface area contributed by atoms with E-state index in [1.54, 1.807) is 0 Å². The van der Waals surface area contributed by atoms with Crippen molar-refractivity contribution in [2.24, 2.45) is 0 Å². The fourth-order valence-electron chi connectivity index (χ4n) is 1.46. The van der Waals surface area contributed by atoms with Crippen LogP contribution in [-0.2, 0) is 6.61 Å². The van der Waals surface area contributed by atoms with Crippen molar-refractivity contribution < 1.29 is 4.74 Å². The van der Waals surface area contributed by atoms with Crippen LogP contribution in [0, 0.1) is 6.92 Å². The Labute approximate surface area is 95.7 Å². The van der Waals surface area contributed by atoms with Gasteiger partial charge in [-0.1, -0.05) is 35.9 Å². The van der Waals surface area contributed by atoms with Crippen LogP contribution in [0.2, 0.25) is 0 Å². The highest BCUT2D eigenvalue weighted by molar-refractivity contribution is 5.43. The Morgan fingerprint density at radius 1 is 1.06 bits per heavy atom. The molecular formula is C14H15NO. The Balaban J connectivity index is 1.99. The first-order valence-corrected chi connectivity index (χ1v) is 5.28. The van der Waals surface area contributed by atoms with Gasteiger partial charge in [-0.25, -0.2) is 0 Å². The zero-order valence-corrected chi connectivity index (χ0v) is 9.31. The molecule has 0 heterocycles. The van der Waals surface area contributed by atoms with Gasteiger partial charge in [0.25, 0.3) is 0 Å². The third-order valence-corrected chi connectivity index (χ3v) is 2.38. The molecule has 0 fully saturated rings. The summed E-state index contributed by atoms with van der Waals surface area (Å²) in [6, 6.07) is 15.8. The van der Waals surface area contributed by atoms with Gasteiger partial charge in [-0.05, 0) is 24.6 Å². The fraction of sp³-hybridized carbons (Fsp3) is 0.143. The van der Waals surface area contributed by atoms with Gasteiger partial charge in [-0.3, -0.25) is 0 Å². The van der Waals surface area contributed by atoms with Crippen molar-refractivity contribution in [3.05, 3.63) is 59.7 Å². The molecule has 0 saturated heterocycles. The molecule has 0 aliphatic carbocycles. The van der Waals surface area contributed by atoms with E-state index in [4.69, 9.17) is 10.5 Å². The number of hydrogen-bond donors (Lipinski definition) is 1. The number of ether oxygens (including phenoxy) is 1. The molecule has 0 saturated carbocycles. The van der Waals surface area contributed by atoms with E-state index in [2.05, 4.69) is 31.2 Å². The van der Waals surface area contributed by atoms with Crippen LogP contribution in [0.25, 0.3) is 0 Å². The van der Waals surface area contributed by atoms with Crippen LogP contribution in [-0.4, -0.2) is 0 Å². The normalized spacial score (nSPS) is 10.1. The van der Waals surface area contributed by atoms with Crippen molar-refractivity contribution in [1.29, 1.82) is 0 Å². The van der Waals surface area contributed by atoms with E-state index in [0.29, 0.717) is 6.61 Å². The SMILES string of the molecule is Cc1ccc(COc2cccc(N)c2)cc1. The van der Waals surface area contributed by atoms with Crippen LogP contribution >= 0.6 is 0 Å². The maximum atomic E-state index is 5.67. The molecule has 2 heteroatoms. The minimum Gasteiger partial charge on any atom is -0.489 e. The van der Waals surface area contributed by atoms with Gasteiger partial charge in [0, 0.05) is 11.8 Å². The summed E-state index contributed by atoms with van der Waals surface area (Å²) in [5.74, 6) is 0.806. The Morgan fingerprint density at radius 3 is 2.50 bits per heavy atom. The quantitative estimate of drug-likeness (QED) is 0.795. The van der Waals surface area contributed by atoms with Crippen LogP contribution in [0.4, 0.5) is 5.69 Å². The smallest absolute Gasteiger partial charge is 0.121 e. The van der Waals surface area contributed by atoms with Crippen molar-refractivity contribution in [1.82, 2.24) is 0 Å². The molecule has 0 unspecified atom stereocenters. The molecule has 2 N–H and O–H groups in total. The lowest BCUT2D eigenvalue weighted by molar-refractivity contribution is 0.306. The molecule has 0 aromatic heterocycles. The van der Waals surface area contributed by atoms with Crippen molar-refractivity contribution in [3.63, 3.8) is 0 Å². The molecular weight excluding hydrogens is 198 g/mol. The largest absolute Gasteiger partial charge is 0.489 e. The van der Waals surface area contributed by atoms with Crippen molar-refractivity contribution in [2.75, 3.05) is 5.73 Å². The molecule has 0 radical (unpaired) electrons. The van der Waals surface area contributed by atoms with Gasteiger partial charge in [-0.2, -0.15) is 0 Å². The maximum Gasteiger partial charge on any atom is 0.121 e. The fourth-order valence-corrected chi connectivity index (χ4v) is 1.46. The summed E-state index contributed by atoms with van der Waals surface area (Å²) in [4.78, 5) is 0. The number of benzene rings is 2. The van der Waals surface area contributed by atoms with Crippen LogP contribution < -0.4 is 10.5 Å². The zero-order chi connectivity index (χ0) is 11.4. The first-order valence-electron chi connectivity index (χ1n) is 5.28. The number of nitrogen functional groups attached to an aromatic ring is 1. The summed E-state index contributed by atoms with van der Waals surface area (Å²) in [6.07, 6.45) is 0. The molecule has 0 amide bonds. The van der Waals surface area contributed by atoms with E-state index in [-0.39, 0.29) is 0 Å². The van der Waals surface area contributed by atoms with Crippen molar-refractivity contribution in [3.8, 4) is 5.75 Å². The molecule has 2 aromatic rings. The summed E-state index contributed by atoms with van der Waals surface area (Å²) < 4.78 is 5.63. The standard InChI is InChI=1S/C14H15NO/c1-11-5-7-12(8-6-11)10-16-14-4-2-3-13(15)9-14/h2-9H,10,15H2,1H3. The van der Waals surface area contributed by atoms with Gasteiger partial charge >= 0.3 is 0 Å².